The minimum atomic E-state index is -0.289. The lowest BCUT2D eigenvalue weighted by atomic mass is 9.63. The van der Waals surface area contributed by atoms with Crippen LogP contribution in [0, 0.1) is 12.7 Å². The molecule has 0 saturated heterocycles. The smallest absolute Gasteiger partial charge is 0.165 e. The van der Waals surface area contributed by atoms with E-state index < -0.39 is 0 Å². The van der Waals surface area contributed by atoms with E-state index >= 15 is 0 Å². The average molecular weight is 223 g/mol. The van der Waals surface area contributed by atoms with Crippen LogP contribution in [0.5, 0.6) is 5.75 Å². The van der Waals surface area contributed by atoms with Crippen LogP contribution in [0.2, 0.25) is 0 Å². The van der Waals surface area contributed by atoms with Gasteiger partial charge in [-0.25, -0.2) is 4.39 Å². The third-order valence-electron chi connectivity index (χ3n) is 3.75. The van der Waals surface area contributed by atoms with E-state index in [0.717, 1.165) is 30.4 Å². The van der Waals surface area contributed by atoms with Crippen molar-refractivity contribution in [1.82, 2.24) is 0 Å². The number of ether oxygens (including phenoxy) is 1. The molecular weight excluding hydrogens is 205 g/mol. The molecule has 2 rings (SSSR count). The molecule has 0 aromatic heterocycles. The number of benzene rings is 1. The molecule has 0 radical (unpaired) electrons. The highest BCUT2D eigenvalue weighted by atomic mass is 19.1. The molecule has 0 aliphatic heterocycles. The first-order chi connectivity index (χ1) is 7.64. The molecule has 1 saturated carbocycles. The van der Waals surface area contributed by atoms with E-state index in [2.05, 4.69) is 0 Å². The lowest BCUT2D eigenvalue weighted by Gasteiger charge is -2.43. The van der Waals surface area contributed by atoms with Gasteiger partial charge in [0.05, 0.1) is 7.11 Å². The van der Waals surface area contributed by atoms with Crippen molar-refractivity contribution in [1.29, 1.82) is 0 Å². The predicted octanol–water partition coefficient (Wildman–Crippen LogP) is 2.52. The fourth-order valence-corrected chi connectivity index (χ4v) is 2.67. The van der Waals surface area contributed by atoms with Crippen molar-refractivity contribution in [3.05, 3.63) is 29.1 Å². The van der Waals surface area contributed by atoms with Crippen molar-refractivity contribution in [2.24, 2.45) is 5.73 Å². The number of hydrogen-bond donors (Lipinski definition) is 1. The second-order valence-corrected chi connectivity index (χ2v) is 4.61. The maximum Gasteiger partial charge on any atom is 0.165 e. The van der Waals surface area contributed by atoms with Gasteiger partial charge in [0.25, 0.3) is 0 Å². The number of rotatable bonds is 3. The molecule has 1 aliphatic rings. The second-order valence-electron chi connectivity index (χ2n) is 4.61. The van der Waals surface area contributed by atoms with Gasteiger partial charge in [0, 0.05) is 17.5 Å². The quantitative estimate of drug-likeness (QED) is 0.854. The van der Waals surface area contributed by atoms with E-state index in [0.29, 0.717) is 12.3 Å². The standard InChI is InChI=1S/C13H18FNO/c1-9-4-5-10(14)12(16-2)11(9)13(8-15)6-3-7-13/h4-5H,3,6-8,15H2,1-2H3. The molecule has 16 heavy (non-hydrogen) atoms. The predicted molar refractivity (Wildman–Crippen MR) is 62.3 cm³/mol. The second kappa shape index (κ2) is 4.06. The summed E-state index contributed by atoms with van der Waals surface area (Å²) in [5.74, 6) is 0.0907. The first-order valence-electron chi connectivity index (χ1n) is 5.68. The third-order valence-corrected chi connectivity index (χ3v) is 3.75. The zero-order chi connectivity index (χ0) is 11.8. The van der Waals surface area contributed by atoms with Crippen LogP contribution in [0.4, 0.5) is 4.39 Å². The van der Waals surface area contributed by atoms with Crippen molar-refractivity contribution in [2.45, 2.75) is 31.6 Å². The van der Waals surface area contributed by atoms with Crippen molar-refractivity contribution in [2.75, 3.05) is 13.7 Å². The molecule has 2 N–H and O–H groups in total. The molecule has 1 aromatic carbocycles. The average Bonchev–Trinajstić information content (AvgIpc) is 2.22. The van der Waals surface area contributed by atoms with Gasteiger partial charge in [-0.15, -0.1) is 0 Å². The summed E-state index contributed by atoms with van der Waals surface area (Å²) in [6.45, 7) is 2.56. The Balaban J connectivity index is 2.57. The van der Waals surface area contributed by atoms with E-state index in [4.69, 9.17) is 10.5 Å². The zero-order valence-electron chi connectivity index (χ0n) is 9.85. The van der Waals surface area contributed by atoms with Gasteiger partial charge in [0.1, 0.15) is 0 Å². The summed E-state index contributed by atoms with van der Waals surface area (Å²) in [5, 5.41) is 0. The molecule has 1 aliphatic carbocycles. The SMILES string of the molecule is COc1c(F)ccc(C)c1C1(CN)CCC1. The van der Waals surface area contributed by atoms with Crippen LogP contribution in [0.15, 0.2) is 12.1 Å². The highest BCUT2D eigenvalue weighted by molar-refractivity contribution is 5.47. The molecule has 0 heterocycles. The number of methoxy groups -OCH3 is 1. The van der Waals surface area contributed by atoms with Crippen molar-refractivity contribution < 1.29 is 9.13 Å². The van der Waals surface area contributed by atoms with Crippen LogP contribution < -0.4 is 10.5 Å². The summed E-state index contributed by atoms with van der Waals surface area (Å²) >= 11 is 0. The van der Waals surface area contributed by atoms with Gasteiger partial charge in [0.2, 0.25) is 0 Å². The lowest BCUT2D eigenvalue weighted by molar-refractivity contribution is 0.239. The number of nitrogens with two attached hydrogens (primary N) is 1. The van der Waals surface area contributed by atoms with Gasteiger partial charge in [-0.05, 0) is 31.4 Å². The summed E-state index contributed by atoms with van der Waals surface area (Å²) in [5.41, 5.74) is 7.86. The summed E-state index contributed by atoms with van der Waals surface area (Å²) in [6, 6.07) is 3.27. The molecule has 0 unspecified atom stereocenters. The maximum absolute atomic E-state index is 13.7. The van der Waals surface area contributed by atoms with Crippen LogP contribution in [0.25, 0.3) is 0 Å². The van der Waals surface area contributed by atoms with E-state index in [9.17, 15) is 4.39 Å². The fraction of sp³-hybridized carbons (Fsp3) is 0.538. The molecule has 0 atom stereocenters. The van der Waals surface area contributed by atoms with E-state index in [1.165, 1.54) is 13.2 Å². The van der Waals surface area contributed by atoms with Crippen LogP contribution in [0.1, 0.15) is 30.4 Å². The molecule has 1 aromatic rings. The van der Waals surface area contributed by atoms with Crippen LogP contribution >= 0.6 is 0 Å². The largest absolute Gasteiger partial charge is 0.493 e. The van der Waals surface area contributed by atoms with Crippen LogP contribution in [-0.2, 0) is 5.41 Å². The number of aryl methyl sites for hydroxylation is 1. The Bertz CT molecular complexity index is 394. The number of halogens is 1. The normalized spacial score (nSPS) is 18.0. The van der Waals surface area contributed by atoms with Crippen LogP contribution in [-0.4, -0.2) is 13.7 Å². The van der Waals surface area contributed by atoms with Crippen molar-refractivity contribution >= 4 is 0 Å². The first kappa shape index (κ1) is 11.4. The van der Waals surface area contributed by atoms with Gasteiger partial charge >= 0.3 is 0 Å². The van der Waals surface area contributed by atoms with Gasteiger partial charge < -0.3 is 10.5 Å². The molecule has 2 nitrogen and oxygen atoms in total. The Hall–Kier alpha value is -1.09. The van der Waals surface area contributed by atoms with Crippen molar-refractivity contribution in [3.63, 3.8) is 0 Å². The summed E-state index contributed by atoms with van der Waals surface area (Å²) in [7, 11) is 1.52. The highest BCUT2D eigenvalue weighted by Gasteiger charge is 2.41. The topological polar surface area (TPSA) is 35.2 Å². The minimum Gasteiger partial charge on any atom is -0.493 e. The molecule has 3 heteroatoms. The molecule has 88 valence electrons. The third kappa shape index (κ3) is 1.50. The Labute approximate surface area is 95.6 Å². The van der Waals surface area contributed by atoms with Gasteiger partial charge in [-0.3, -0.25) is 0 Å². The Morgan fingerprint density at radius 2 is 2.12 bits per heavy atom. The molecule has 1 fully saturated rings. The van der Waals surface area contributed by atoms with Crippen LogP contribution in [0.3, 0.4) is 0 Å². The zero-order valence-corrected chi connectivity index (χ0v) is 9.85. The van der Waals surface area contributed by atoms with E-state index in [1.807, 2.05) is 13.0 Å². The Kier molecular flexibility index (Phi) is 2.89. The Morgan fingerprint density at radius 3 is 2.56 bits per heavy atom. The number of hydrogen-bond acceptors (Lipinski definition) is 2. The maximum atomic E-state index is 13.7. The van der Waals surface area contributed by atoms with E-state index in [1.54, 1.807) is 0 Å². The van der Waals surface area contributed by atoms with E-state index in [-0.39, 0.29) is 11.2 Å². The highest BCUT2D eigenvalue weighted by Crippen LogP contribution is 2.48. The Morgan fingerprint density at radius 1 is 1.44 bits per heavy atom. The van der Waals surface area contributed by atoms with Crippen molar-refractivity contribution in [3.8, 4) is 5.75 Å². The lowest BCUT2D eigenvalue weighted by Crippen LogP contribution is -2.42. The monoisotopic (exact) mass is 223 g/mol. The molecule has 0 spiro atoms. The summed E-state index contributed by atoms with van der Waals surface area (Å²) in [4.78, 5) is 0. The summed E-state index contributed by atoms with van der Waals surface area (Å²) < 4.78 is 18.9. The fourth-order valence-electron chi connectivity index (χ4n) is 2.67. The molecular formula is C13H18FNO. The van der Waals surface area contributed by atoms with Gasteiger partial charge in [-0.2, -0.15) is 0 Å². The first-order valence-corrected chi connectivity index (χ1v) is 5.68. The van der Waals surface area contributed by atoms with Gasteiger partial charge in [0.15, 0.2) is 11.6 Å². The summed E-state index contributed by atoms with van der Waals surface area (Å²) in [6.07, 6.45) is 3.23. The molecule has 0 amide bonds. The molecule has 0 bridgehead atoms. The minimum absolute atomic E-state index is 0.0580. The van der Waals surface area contributed by atoms with Gasteiger partial charge in [-0.1, -0.05) is 12.5 Å².